The zero-order valence-electron chi connectivity index (χ0n) is 11.3. The van der Waals surface area contributed by atoms with Gasteiger partial charge in [-0.15, -0.1) is 0 Å². The van der Waals surface area contributed by atoms with Gasteiger partial charge in [0.05, 0.1) is 29.8 Å². The molecule has 0 saturated heterocycles. The van der Waals surface area contributed by atoms with Crippen LogP contribution < -0.4 is 5.32 Å². The second-order valence-electron chi connectivity index (χ2n) is 4.73. The molecule has 0 amide bonds. The van der Waals surface area contributed by atoms with Crippen molar-refractivity contribution in [2.45, 2.75) is 13.0 Å². The number of nitrogens with one attached hydrogen (secondary N) is 1. The molecule has 2 aromatic heterocycles. The first kappa shape index (κ1) is 13.5. The van der Waals surface area contributed by atoms with Gasteiger partial charge in [0.2, 0.25) is 0 Å². The molecule has 3 rings (SSSR count). The molecule has 1 N–H and O–H groups in total. The highest BCUT2D eigenvalue weighted by Crippen LogP contribution is 2.14. The zero-order valence-corrected chi connectivity index (χ0v) is 12.0. The minimum absolute atomic E-state index is 0.438. The maximum Gasteiger partial charge on any atom is 0.137 e. The van der Waals surface area contributed by atoms with E-state index in [1.165, 1.54) is 0 Å². The summed E-state index contributed by atoms with van der Waals surface area (Å²) in [6.07, 6.45) is 4.23. The third-order valence-electron chi connectivity index (χ3n) is 3.18. The summed E-state index contributed by atoms with van der Waals surface area (Å²) < 4.78 is 1.91. The van der Waals surface area contributed by atoms with Crippen molar-refractivity contribution in [3.05, 3.63) is 65.1 Å². The molecule has 0 unspecified atom stereocenters. The van der Waals surface area contributed by atoms with Gasteiger partial charge in [-0.25, -0.2) is 4.98 Å². The summed E-state index contributed by atoms with van der Waals surface area (Å²) >= 11 is 5.95. The fraction of sp³-hybridized carbons (Fsp3) is 0.125. The van der Waals surface area contributed by atoms with Crippen LogP contribution in [-0.4, -0.2) is 9.38 Å². The minimum atomic E-state index is 0.438. The van der Waals surface area contributed by atoms with Crippen LogP contribution in [-0.2, 0) is 13.0 Å². The second-order valence-corrected chi connectivity index (χ2v) is 5.17. The highest BCUT2D eigenvalue weighted by atomic mass is 35.5. The van der Waals surface area contributed by atoms with E-state index in [0.29, 0.717) is 18.0 Å². The van der Waals surface area contributed by atoms with Gasteiger partial charge in [0.25, 0.3) is 0 Å². The fourth-order valence-corrected chi connectivity index (χ4v) is 2.29. The van der Waals surface area contributed by atoms with E-state index in [-0.39, 0.29) is 0 Å². The van der Waals surface area contributed by atoms with Crippen LogP contribution in [0.4, 0.5) is 5.69 Å². The van der Waals surface area contributed by atoms with Gasteiger partial charge >= 0.3 is 0 Å². The van der Waals surface area contributed by atoms with Gasteiger partial charge in [0, 0.05) is 18.1 Å². The lowest BCUT2D eigenvalue weighted by atomic mass is 10.1. The number of pyridine rings is 1. The van der Waals surface area contributed by atoms with Crippen LogP contribution >= 0.6 is 11.6 Å². The van der Waals surface area contributed by atoms with Crippen LogP contribution in [0.3, 0.4) is 0 Å². The molecule has 0 saturated carbocycles. The van der Waals surface area contributed by atoms with Crippen molar-refractivity contribution in [3.63, 3.8) is 0 Å². The Bertz CT molecular complexity index is 799. The lowest BCUT2D eigenvalue weighted by Crippen LogP contribution is -1.99. The Morgan fingerprint density at radius 3 is 2.71 bits per heavy atom. The van der Waals surface area contributed by atoms with Gasteiger partial charge in [-0.05, 0) is 29.8 Å². The van der Waals surface area contributed by atoms with E-state index in [1.807, 2.05) is 53.2 Å². The number of hydrogen-bond donors (Lipinski definition) is 1. The lowest BCUT2D eigenvalue weighted by molar-refractivity contribution is 1.08. The molecule has 2 heterocycles. The Balaban J connectivity index is 1.69. The number of halogens is 1. The molecule has 0 fully saturated rings. The molecule has 3 aromatic rings. The van der Waals surface area contributed by atoms with Crippen molar-refractivity contribution < 1.29 is 0 Å². The number of anilines is 1. The third kappa shape index (κ3) is 3.15. The van der Waals surface area contributed by atoms with E-state index in [0.717, 1.165) is 22.6 Å². The Labute approximate surface area is 127 Å². The van der Waals surface area contributed by atoms with E-state index < -0.39 is 0 Å². The maximum atomic E-state index is 8.64. The smallest absolute Gasteiger partial charge is 0.137 e. The van der Waals surface area contributed by atoms with Crippen LogP contribution in [0.1, 0.15) is 11.3 Å². The predicted octanol–water partition coefficient (Wildman–Crippen LogP) is 3.67. The lowest BCUT2D eigenvalue weighted by Gasteiger charge is -2.04. The number of hydrogen-bond acceptors (Lipinski definition) is 3. The molecule has 104 valence electrons. The molecule has 5 heteroatoms. The zero-order chi connectivity index (χ0) is 14.7. The Hall–Kier alpha value is -2.51. The summed E-state index contributed by atoms with van der Waals surface area (Å²) in [5.41, 5.74) is 3.84. The molecule has 0 aliphatic rings. The van der Waals surface area contributed by atoms with Gasteiger partial charge in [0.15, 0.2) is 0 Å². The number of nitriles is 1. The number of fused-ring (bicyclic) bond motifs is 1. The van der Waals surface area contributed by atoms with E-state index in [4.69, 9.17) is 16.9 Å². The second kappa shape index (κ2) is 5.86. The topological polar surface area (TPSA) is 53.1 Å². The van der Waals surface area contributed by atoms with E-state index in [9.17, 15) is 0 Å². The van der Waals surface area contributed by atoms with E-state index >= 15 is 0 Å². The van der Waals surface area contributed by atoms with Crippen molar-refractivity contribution in [3.8, 4) is 6.07 Å². The van der Waals surface area contributed by atoms with Crippen molar-refractivity contribution >= 4 is 22.9 Å². The van der Waals surface area contributed by atoms with Crippen LogP contribution in [0.25, 0.3) is 5.65 Å². The normalized spacial score (nSPS) is 10.5. The van der Waals surface area contributed by atoms with E-state index in [1.54, 1.807) is 0 Å². The number of rotatable bonds is 4. The monoisotopic (exact) mass is 296 g/mol. The summed E-state index contributed by atoms with van der Waals surface area (Å²) in [5, 5.41) is 12.6. The molecule has 1 aromatic carbocycles. The van der Waals surface area contributed by atoms with Gasteiger partial charge in [-0.3, -0.25) is 0 Å². The molecule has 4 nitrogen and oxygen atoms in total. The number of nitrogens with zero attached hydrogens (tertiary/aromatic N) is 3. The average Bonchev–Trinajstić information content (AvgIpc) is 2.89. The molecule has 0 bridgehead atoms. The van der Waals surface area contributed by atoms with E-state index in [2.05, 4.69) is 16.4 Å². The predicted molar refractivity (Wildman–Crippen MR) is 83.3 cm³/mol. The van der Waals surface area contributed by atoms with Gasteiger partial charge < -0.3 is 9.72 Å². The maximum absolute atomic E-state index is 8.64. The third-order valence-corrected chi connectivity index (χ3v) is 3.40. The number of aromatic nitrogens is 2. The van der Waals surface area contributed by atoms with Crippen LogP contribution in [0.5, 0.6) is 0 Å². The molecular formula is C16H13ClN4. The first-order valence-electron chi connectivity index (χ1n) is 6.57. The van der Waals surface area contributed by atoms with Crippen molar-refractivity contribution in [1.29, 1.82) is 5.26 Å². The summed E-state index contributed by atoms with van der Waals surface area (Å²) in [5.74, 6) is 0. The standard InChI is InChI=1S/C16H13ClN4/c17-13-3-6-16-20-15(11-21(16)10-13)9-19-14-4-1-12(2-5-14)7-8-18/h1-6,10-11,19H,7,9H2. The average molecular weight is 297 g/mol. The molecular weight excluding hydrogens is 284 g/mol. The summed E-state index contributed by atoms with van der Waals surface area (Å²) in [4.78, 5) is 4.51. The quantitative estimate of drug-likeness (QED) is 0.799. The molecule has 0 atom stereocenters. The molecule has 21 heavy (non-hydrogen) atoms. The van der Waals surface area contributed by atoms with Crippen LogP contribution in [0.15, 0.2) is 48.8 Å². The highest BCUT2D eigenvalue weighted by Gasteiger charge is 2.02. The first-order valence-corrected chi connectivity index (χ1v) is 6.95. The molecule has 0 aliphatic carbocycles. The van der Waals surface area contributed by atoms with Crippen molar-refractivity contribution in [2.24, 2.45) is 0 Å². The molecule has 0 radical (unpaired) electrons. The molecule has 0 spiro atoms. The van der Waals surface area contributed by atoms with Crippen LogP contribution in [0.2, 0.25) is 5.02 Å². The molecule has 0 aliphatic heterocycles. The summed E-state index contributed by atoms with van der Waals surface area (Å²) in [7, 11) is 0. The first-order chi connectivity index (χ1) is 10.2. The Morgan fingerprint density at radius 2 is 1.95 bits per heavy atom. The minimum Gasteiger partial charge on any atom is -0.379 e. The fourth-order valence-electron chi connectivity index (χ4n) is 2.13. The van der Waals surface area contributed by atoms with Crippen molar-refractivity contribution in [2.75, 3.05) is 5.32 Å². The SMILES string of the molecule is N#CCc1ccc(NCc2cn3cc(Cl)ccc3n2)cc1. The summed E-state index contributed by atoms with van der Waals surface area (Å²) in [6, 6.07) is 13.7. The highest BCUT2D eigenvalue weighted by molar-refractivity contribution is 6.30. The van der Waals surface area contributed by atoms with Gasteiger partial charge in [0.1, 0.15) is 5.65 Å². The van der Waals surface area contributed by atoms with Gasteiger partial charge in [-0.2, -0.15) is 5.26 Å². The largest absolute Gasteiger partial charge is 0.379 e. The van der Waals surface area contributed by atoms with Gasteiger partial charge in [-0.1, -0.05) is 23.7 Å². The summed E-state index contributed by atoms with van der Waals surface area (Å²) in [6.45, 7) is 0.636. The Kier molecular flexibility index (Phi) is 3.76. The van der Waals surface area contributed by atoms with Crippen LogP contribution in [0, 0.1) is 11.3 Å². The number of imidazole rings is 1. The Morgan fingerprint density at radius 1 is 1.14 bits per heavy atom. The van der Waals surface area contributed by atoms with Crippen molar-refractivity contribution in [1.82, 2.24) is 9.38 Å². The number of benzene rings is 1.